The second-order valence-corrected chi connectivity index (χ2v) is 7.16. The largest absolute Gasteiger partial charge is 0.289 e. The number of nitrogens with zero attached hydrogens (tertiary/aromatic N) is 1. The second-order valence-electron chi connectivity index (χ2n) is 5.56. The molecule has 22 heavy (non-hydrogen) atoms. The van der Waals surface area contributed by atoms with Gasteiger partial charge in [0.2, 0.25) is 0 Å². The van der Waals surface area contributed by atoms with Crippen molar-refractivity contribution < 1.29 is 13.2 Å². The van der Waals surface area contributed by atoms with Crippen LogP contribution in [-0.2, 0) is 14.8 Å². The maximum atomic E-state index is 12.5. The number of aryl methyl sites for hydroxylation is 1. The Morgan fingerprint density at radius 2 is 1.23 bits per heavy atom. The molecule has 5 heteroatoms. The zero-order chi connectivity index (χ0) is 16.7. The van der Waals surface area contributed by atoms with E-state index in [1.807, 2.05) is 6.92 Å². The van der Waals surface area contributed by atoms with Gasteiger partial charge in [-0.25, -0.2) is 0 Å². The molecule has 4 nitrogen and oxygen atoms in total. The van der Waals surface area contributed by atoms with Crippen LogP contribution in [0.1, 0.15) is 33.3 Å². The van der Waals surface area contributed by atoms with E-state index in [1.165, 1.54) is 0 Å². The van der Waals surface area contributed by atoms with E-state index in [9.17, 15) is 13.2 Å². The maximum absolute atomic E-state index is 12.5. The Morgan fingerprint density at radius 3 is 1.68 bits per heavy atom. The molecule has 0 spiro atoms. The number of carbonyl (C=O) groups excluding carboxylic acids is 1. The molecule has 2 rings (SSSR count). The van der Waals surface area contributed by atoms with Gasteiger partial charge in [0, 0.05) is 11.1 Å². The highest BCUT2D eigenvalue weighted by Gasteiger charge is 2.26. The van der Waals surface area contributed by atoms with Crippen LogP contribution in [0.25, 0.3) is 0 Å². The van der Waals surface area contributed by atoms with E-state index in [0.717, 1.165) is 5.56 Å². The van der Waals surface area contributed by atoms with Crippen molar-refractivity contribution in [2.75, 3.05) is 0 Å². The van der Waals surface area contributed by atoms with Crippen LogP contribution in [0, 0.1) is 6.92 Å². The first-order valence-corrected chi connectivity index (χ1v) is 8.41. The molecule has 1 aromatic carbocycles. The van der Waals surface area contributed by atoms with Crippen LogP contribution in [-0.4, -0.2) is 19.9 Å². The standard InChI is InChI=1S/C17H19NO3S/c1-10-6-8-15(9-7-10)22(20,21)18-16-11(2)13(4)17(19)14(5)12(16)3/h6-9H,1-5H3. The first-order chi connectivity index (χ1) is 10.1. The molecule has 1 aromatic rings. The van der Waals surface area contributed by atoms with E-state index < -0.39 is 10.0 Å². The van der Waals surface area contributed by atoms with Gasteiger partial charge in [0.15, 0.2) is 5.78 Å². The molecule has 116 valence electrons. The summed E-state index contributed by atoms with van der Waals surface area (Å²) in [6.45, 7) is 8.74. The second kappa shape index (κ2) is 5.65. The number of ketones is 1. The fraction of sp³-hybridized carbons (Fsp3) is 0.294. The van der Waals surface area contributed by atoms with Crippen molar-refractivity contribution in [2.45, 2.75) is 39.5 Å². The summed E-state index contributed by atoms with van der Waals surface area (Å²) in [4.78, 5) is 12.2. The molecule has 0 aliphatic heterocycles. The summed E-state index contributed by atoms with van der Waals surface area (Å²) in [6, 6.07) is 6.56. The Kier molecular flexibility index (Phi) is 4.20. The van der Waals surface area contributed by atoms with Gasteiger partial charge in [-0.15, -0.1) is 0 Å². The monoisotopic (exact) mass is 317 g/mol. The Morgan fingerprint density at radius 1 is 0.773 bits per heavy atom. The first-order valence-electron chi connectivity index (χ1n) is 6.97. The van der Waals surface area contributed by atoms with Crippen molar-refractivity contribution >= 4 is 21.5 Å². The lowest BCUT2D eigenvalue weighted by Gasteiger charge is -2.19. The molecular weight excluding hydrogens is 298 g/mol. The van der Waals surface area contributed by atoms with Crippen LogP contribution in [0.3, 0.4) is 0 Å². The molecule has 0 bridgehead atoms. The molecule has 0 N–H and O–H groups in total. The van der Waals surface area contributed by atoms with E-state index in [0.29, 0.717) is 28.0 Å². The Labute approximate surface area is 131 Å². The molecule has 0 fully saturated rings. The van der Waals surface area contributed by atoms with Gasteiger partial charge < -0.3 is 0 Å². The van der Waals surface area contributed by atoms with Crippen molar-refractivity contribution in [1.29, 1.82) is 0 Å². The third-order valence-corrected chi connectivity index (χ3v) is 5.34. The number of benzene rings is 1. The highest BCUT2D eigenvalue weighted by Crippen LogP contribution is 2.26. The van der Waals surface area contributed by atoms with E-state index >= 15 is 0 Å². The van der Waals surface area contributed by atoms with E-state index in [-0.39, 0.29) is 10.7 Å². The quantitative estimate of drug-likeness (QED) is 0.786. The zero-order valence-electron chi connectivity index (χ0n) is 13.4. The molecule has 1 aliphatic rings. The van der Waals surface area contributed by atoms with Gasteiger partial charge in [-0.2, -0.15) is 12.8 Å². The normalized spacial score (nSPS) is 16.4. The van der Waals surface area contributed by atoms with Crippen molar-refractivity contribution in [3.05, 3.63) is 52.1 Å². The van der Waals surface area contributed by atoms with Crippen molar-refractivity contribution in [2.24, 2.45) is 4.40 Å². The number of allylic oxidation sites excluding steroid dienone is 4. The SMILES string of the molecule is CC1=C(C)C(=NS(=O)(=O)c2ccc(C)cc2)C(C)=C(C)C1=O. The molecule has 1 aliphatic carbocycles. The smallest absolute Gasteiger partial charge is 0.282 e. The number of rotatable bonds is 2. The van der Waals surface area contributed by atoms with Gasteiger partial charge in [0.25, 0.3) is 10.0 Å². The molecule has 0 heterocycles. The summed E-state index contributed by atoms with van der Waals surface area (Å²) in [7, 11) is -3.80. The molecule has 0 saturated heterocycles. The first kappa shape index (κ1) is 16.4. The molecule has 0 saturated carbocycles. The number of carbonyl (C=O) groups is 1. The third kappa shape index (κ3) is 2.81. The summed E-state index contributed by atoms with van der Waals surface area (Å²) in [5, 5.41) is 0. The number of sulfonamides is 1. The third-order valence-electron chi connectivity index (χ3n) is 4.05. The summed E-state index contributed by atoms with van der Waals surface area (Å²) in [6.07, 6.45) is 0. The average molecular weight is 317 g/mol. The number of Topliss-reactive ketones (excluding diaryl/α,β-unsaturated/α-hetero) is 1. The predicted molar refractivity (Wildman–Crippen MR) is 87.6 cm³/mol. The zero-order valence-corrected chi connectivity index (χ0v) is 14.2. The summed E-state index contributed by atoms with van der Waals surface area (Å²) in [5.74, 6) is -0.0540. The Hall–Kier alpha value is -2.01. The van der Waals surface area contributed by atoms with Gasteiger partial charge in [-0.05, 0) is 57.9 Å². The van der Waals surface area contributed by atoms with Crippen LogP contribution in [0.4, 0.5) is 0 Å². The van der Waals surface area contributed by atoms with Crippen LogP contribution in [0.15, 0.2) is 55.9 Å². The highest BCUT2D eigenvalue weighted by atomic mass is 32.2. The Bertz CT molecular complexity index is 808. The predicted octanol–water partition coefficient (Wildman–Crippen LogP) is 3.38. The maximum Gasteiger partial charge on any atom is 0.282 e. The van der Waals surface area contributed by atoms with Crippen molar-refractivity contribution in [3.63, 3.8) is 0 Å². The lowest BCUT2D eigenvalue weighted by Crippen LogP contribution is -2.20. The number of hydrogen-bond acceptors (Lipinski definition) is 3. The molecule has 0 radical (unpaired) electrons. The van der Waals surface area contributed by atoms with Crippen molar-refractivity contribution in [3.8, 4) is 0 Å². The van der Waals surface area contributed by atoms with E-state index in [4.69, 9.17) is 0 Å². The highest BCUT2D eigenvalue weighted by molar-refractivity contribution is 7.90. The van der Waals surface area contributed by atoms with Gasteiger partial charge >= 0.3 is 0 Å². The summed E-state index contributed by atoms with van der Waals surface area (Å²) < 4.78 is 28.9. The van der Waals surface area contributed by atoms with Crippen LogP contribution in [0.2, 0.25) is 0 Å². The lowest BCUT2D eigenvalue weighted by atomic mass is 9.86. The lowest BCUT2D eigenvalue weighted by molar-refractivity contribution is -0.112. The van der Waals surface area contributed by atoms with Gasteiger partial charge in [-0.1, -0.05) is 17.7 Å². The summed E-state index contributed by atoms with van der Waals surface area (Å²) in [5.41, 5.74) is 3.67. The summed E-state index contributed by atoms with van der Waals surface area (Å²) >= 11 is 0. The van der Waals surface area contributed by atoms with Gasteiger partial charge in [-0.3, -0.25) is 4.79 Å². The fourth-order valence-electron chi connectivity index (χ4n) is 2.28. The van der Waals surface area contributed by atoms with Crippen LogP contribution >= 0.6 is 0 Å². The average Bonchev–Trinajstić information content (AvgIpc) is 2.48. The van der Waals surface area contributed by atoms with Crippen LogP contribution in [0.5, 0.6) is 0 Å². The van der Waals surface area contributed by atoms with E-state index in [1.54, 1.807) is 52.0 Å². The van der Waals surface area contributed by atoms with E-state index in [2.05, 4.69) is 4.40 Å². The molecule has 0 atom stereocenters. The molecule has 0 aromatic heterocycles. The van der Waals surface area contributed by atoms with Gasteiger partial charge in [0.1, 0.15) is 0 Å². The minimum Gasteiger partial charge on any atom is -0.289 e. The molecule has 0 unspecified atom stereocenters. The molecule has 0 amide bonds. The topological polar surface area (TPSA) is 63.6 Å². The molecular formula is C17H19NO3S. The van der Waals surface area contributed by atoms with Crippen molar-refractivity contribution in [1.82, 2.24) is 0 Å². The minimum atomic E-state index is -3.80. The fourth-order valence-corrected chi connectivity index (χ4v) is 3.38. The Balaban J connectivity index is 2.61. The van der Waals surface area contributed by atoms with Gasteiger partial charge in [0.05, 0.1) is 10.6 Å². The number of hydrogen-bond donors (Lipinski definition) is 0. The minimum absolute atomic E-state index is 0.0540. The van der Waals surface area contributed by atoms with Crippen LogP contribution < -0.4 is 0 Å².